The van der Waals surface area contributed by atoms with Crippen LogP contribution in [0.1, 0.15) is 27.5 Å². The van der Waals surface area contributed by atoms with Crippen LogP contribution >= 0.6 is 11.6 Å². The normalized spacial score (nSPS) is 15.9. The van der Waals surface area contributed by atoms with Gasteiger partial charge in [0.1, 0.15) is 5.82 Å². The van der Waals surface area contributed by atoms with Gasteiger partial charge in [-0.15, -0.1) is 0 Å². The van der Waals surface area contributed by atoms with Gasteiger partial charge < -0.3 is 4.90 Å². The molecule has 1 saturated heterocycles. The van der Waals surface area contributed by atoms with Crippen molar-refractivity contribution >= 4 is 17.5 Å². The van der Waals surface area contributed by atoms with Gasteiger partial charge in [0, 0.05) is 36.8 Å². The Morgan fingerprint density at radius 2 is 1.38 bits per heavy atom. The first-order chi connectivity index (χ1) is 14.1. The third-order valence-corrected chi connectivity index (χ3v) is 5.61. The molecule has 0 spiro atoms. The number of rotatable bonds is 4. The average molecular weight is 409 g/mol. The lowest BCUT2D eigenvalue weighted by molar-refractivity contribution is 0.0597. The van der Waals surface area contributed by atoms with Crippen LogP contribution in [0.4, 0.5) is 4.39 Å². The molecule has 0 aromatic heterocycles. The van der Waals surface area contributed by atoms with Crippen molar-refractivity contribution in [2.45, 2.75) is 6.04 Å². The van der Waals surface area contributed by atoms with Gasteiger partial charge in [-0.05, 0) is 47.5 Å². The molecule has 1 aliphatic rings. The predicted molar refractivity (Wildman–Crippen MR) is 114 cm³/mol. The zero-order valence-corrected chi connectivity index (χ0v) is 16.7. The summed E-state index contributed by atoms with van der Waals surface area (Å²) in [6.45, 7) is 2.78. The molecule has 0 saturated carbocycles. The summed E-state index contributed by atoms with van der Waals surface area (Å²) in [5.74, 6) is -0.382. The van der Waals surface area contributed by atoms with Crippen LogP contribution in [0.3, 0.4) is 0 Å². The van der Waals surface area contributed by atoms with Gasteiger partial charge in [-0.25, -0.2) is 4.39 Å². The molecule has 1 amide bonds. The molecule has 1 atom stereocenters. The zero-order chi connectivity index (χ0) is 20.2. The summed E-state index contributed by atoms with van der Waals surface area (Å²) in [6.07, 6.45) is 0. The van der Waals surface area contributed by atoms with E-state index in [2.05, 4.69) is 29.2 Å². The van der Waals surface area contributed by atoms with Crippen molar-refractivity contribution in [3.8, 4) is 0 Å². The van der Waals surface area contributed by atoms with Gasteiger partial charge in [-0.1, -0.05) is 54.1 Å². The summed E-state index contributed by atoms with van der Waals surface area (Å²) in [5.41, 5.74) is 2.92. The van der Waals surface area contributed by atoms with Gasteiger partial charge in [-0.2, -0.15) is 0 Å². The van der Waals surface area contributed by atoms with E-state index in [1.54, 1.807) is 12.1 Å². The van der Waals surface area contributed by atoms with E-state index < -0.39 is 0 Å². The van der Waals surface area contributed by atoms with Crippen LogP contribution in [0.5, 0.6) is 0 Å². The second-order valence-corrected chi connectivity index (χ2v) is 7.64. The predicted octanol–water partition coefficient (Wildman–Crippen LogP) is 5.03. The monoisotopic (exact) mass is 408 g/mol. The standard InChI is InChI=1S/C24H22ClFN2O/c25-21-10-6-19(7-11-21)23(18-4-2-1-3-5-18)27-14-16-28(17-15-27)24(29)20-8-12-22(26)13-9-20/h1-13,23H,14-17H2/t23-/m1/s1. The SMILES string of the molecule is O=C(c1ccc(F)cc1)N1CCN([C@H](c2ccccc2)c2ccc(Cl)cc2)CC1. The van der Waals surface area contributed by atoms with Crippen molar-refractivity contribution in [1.82, 2.24) is 9.80 Å². The van der Waals surface area contributed by atoms with Crippen molar-refractivity contribution in [2.75, 3.05) is 26.2 Å². The largest absolute Gasteiger partial charge is 0.336 e. The van der Waals surface area contributed by atoms with Gasteiger partial charge in [0.25, 0.3) is 5.91 Å². The Bertz CT molecular complexity index is 952. The van der Waals surface area contributed by atoms with E-state index >= 15 is 0 Å². The molecule has 29 heavy (non-hydrogen) atoms. The molecule has 0 bridgehead atoms. The van der Waals surface area contributed by atoms with Crippen molar-refractivity contribution in [1.29, 1.82) is 0 Å². The number of carbonyl (C=O) groups is 1. The first-order valence-electron chi connectivity index (χ1n) is 9.71. The van der Waals surface area contributed by atoms with Crippen molar-refractivity contribution < 1.29 is 9.18 Å². The number of benzene rings is 3. The Balaban J connectivity index is 1.51. The van der Waals surface area contributed by atoms with Crippen molar-refractivity contribution in [3.63, 3.8) is 0 Å². The lowest BCUT2D eigenvalue weighted by Gasteiger charge is -2.39. The summed E-state index contributed by atoms with van der Waals surface area (Å²) in [5, 5.41) is 0.718. The van der Waals surface area contributed by atoms with Crippen molar-refractivity contribution in [2.24, 2.45) is 0 Å². The number of carbonyl (C=O) groups excluding carboxylic acids is 1. The molecule has 148 valence electrons. The fourth-order valence-electron chi connectivity index (χ4n) is 3.85. The summed E-state index contributed by atoms with van der Waals surface area (Å²) in [7, 11) is 0. The first kappa shape index (κ1) is 19.6. The Labute approximate surface area is 175 Å². The Morgan fingerprint density at radius 3 is 2.00 bits per heavy atom. The number of nitrogens with zero attached hydrogens (tertiary/aromatic N) is 2. The van der Waals surface area contributed by atoms with Gasteiger partial charge in [0.05, 0.1) is 6.04 Å². The van der Waals surface area contributed by atoms with Gasteiger partial charge in [0.15, 0.2) is 0 Å². The summed E-state index contributed by atoms with van der Waals surface area (Å²) < 4.78 is 13.1. The highest BCUT2D eigenvalue weighted by Gasteiger charge is 2.28. The number of amides is 1. The van der Waals surface area contributed by atoms with Crippen molar-refractivity contribution in [3.05, 3.63) is 106 Å². The Hall–Kier alpha value is -2.69. The number of piperazine rings is 1. The highest BCUT2D eigenvalue weighted by atomic mass is 35.5. The second kappa shape index (κ2) is 8.76. The van der Waals surface area contributed by atoms with Gasteiger partial charge in [-0.3, -0.25) is 9.69 Å². The highest BCUT2D eigenvalue weighted by molar-refractivity contribution is 6.30. The minimum absolute atomic E-state index is 0.0487. The number of halogens is 2. The fraction of sp³-hybridized carbons (Fsp3) is 0.208. The molecule has 0 N–H and O–H groups in total. The Morgan fingerprint density at radius 1 is 0.793 bits per heavy atom. The molecule has 0 radical (unpaired) electrons. The molecular weight excluding hydrogens is 387 g/mol. The van der Waals surface area contributed by atoms with Crippen LogP contribution in [0, 0.1) is 5.82 Å². The number of hydrogen-bond donors (Lipinski definition) is 0. The van der Waals surface area contributed by atoms with Crippen LogP contribution in [0.25, 0.3) is 0 Å². The van der Waals surface area contributed by atoms with Crippen LogP contribution in [-0.4, -0.2) is 41.9 Å². The van der Waals surface area contributed by atoms with Crippen LogP contribution < -0.4 is 0 Å². The minimum atomic E-state index is -0.333. The molecule has 3 nitrogen and oxygen atoms in total. The maximum atomic E-state index is 13.1. The van der Waals surface area contributed by atoms with E-state index in [0.29, 0.717) is 18.7 Å². The zero-order valence-electron chi connectivity index (χ0n) is 16.0. The smallest absolute Gasteiger partial charge is 0.253 e. The molecule has 3 aromatic rings. The summed E-state index contributed by atoms with van der Waals surface area (Å²) >= 11 is 6.09. The molecular formula is C24H22ClFN2O. The Kier molecular flexibility index (Phi) is 5.93. The number of hydrogen-bond acceptors (Lipinski definition) is 2. The maximum absolute atomic E-state index is 13.1. The van der Waals surface area contributed by atoms with E-state index in [0.717, 1.165) is 18.1 Å². The quantitative estimate of drug-likeness (QED) is 0.604. The van der Waals surface area contributed by atoms with Crippen LogP contribution in [-0.2, 0) is 0 Å². The minimum Gasteiger partial charge on any atom is -0.336 e. The van der Waals surface area contributed by atoms with E-state index in [1.807, 2.05) is 35.2 Å². The third kappa shape index (κ3) is 4.50. The molecule has 3 aromatic carbocycles. The fourth-order valence-corrected chi connectivity index (χ4v) is 3.98. The lowest BCUT2D eigenvalue weighted by atomic mass is 9.96. The third-order valence-electron chi connectivity index (χ3n) is 5.36. The first-order valence-corrected chi connectivity index (χ1v) is 10.1. The lowest BCUT2D eigenvalue weighted by Crippen LogP contribution is -2.49. The summed E-state index contributed by atoms with van der Waals surface area (Å²) in [4.78, 5) is 17.0. The topological polar surface area (TPSA) is 23.6 Å². The molecule has 4 rings (SSSR count). The molecule has 1 fully saturated rings. The van der Waals surface area contributed by atoms with E-state index in [-0.39, 0.29) is 17.8 Å². The summed E-state index contributed by atoms with van der Waals surface area (Å²) in [6, 6.07) is 24.2. The van der Waals surface area contributed by atoms with E-state index in [9.17, 15) is 9.18 Å². The molecule has 5 heteroatoms. The molecule has 1 aliphatic heterocycles. The van der Waals surface area contributed by atoms with Gasteiger partial charge in [0.2, 0.25) is 0 Å². The molecule has 0 aliphatic carbocycles. The second-order valence-electron chi connectivity index (χ2n) is 7.20. The average Bonchev–Trinajstić information content (AvgIpc) is 2.77. The van der Waals surface area contributed by atoms with Gasteiger partial charge >= 0.3 is 0 Å². The molecule has 1 heterocycles. The van der Waals surface area contributed by atoms with Crippen LogP contribution in [0.2, 0.25) is 5.02 Å². The highest BCUT2D eigenvalue weighted by Crippen LogP contribution is 2.30. The van der Waals surface area contributed by atoms with Crippen LogP contribution in [0.15, 0.2) is 78.9 Å². The maximum Gasteiger partial charge on any atom is 0.253 e. The molecule has 0 unspecified atom stereocenters. The van der Waals surface area contributed by atoms with E-state index in [4.69, 9.17) is 11.6 Å². The van der Waals surface area contributed by atoms with E-state index in [1.165, 1.54) is 23.3 Å².